The summed E-state index contributed by atoms with van der Waals surface area (Å²) in [4.78, 5) is 10.9. The summed E-state index contributed by atoms with van der Waals surface area (Å²) < 4.78 is 14.8. The largest absolute Gasteiger partial charge is 0.509 e. The molecule has 0 aliphatic carbocycles. The Morgan fingerprint density at radius 2 is 2.00 bits per heavy atom. The SMILES string of the molecule is CC(O)CC(C)(C)OCC(C)OC(=O)OCN. The zero-order valence-corrected chi connectivity index (χ0v) is 10.9. The summed E-state index contributed by atoms with van der Waals surface area (Å²) in [6.07, 6.45) is -1.17. The monoisotopic (exact) mass is 249 g/mol. The van der Waals surface area contributed by atoms with Crippen LogP contribution in [0.5, 0.6) is 0 Å². The minimum atomic E-state index is -0.808. The molecule has 6 nitrogen and oxygen atoms in total. The minimum absolute atomic E-state index is 0.208. The van der Waals surface area contributed by atoms with Crippen molar-refractivity contribution in [3.05, 3.63) is 0 Å². The summed E-state index contributed by atoms with van der Waals surface area (Å²) in [5.41, 5.74) is 4.55. The first kappa shape index (κ1) is 16.1. The average molecular weight is 249 g/mol. The van der Waals surface area contributed by atoms with E-state index < -0.39 is 24.0 Å². The van der Waals surface area contributed by atoms with Gasteiger partial charge in [-0.2, -0.15) is 0 Å². The Morgan fingerprint density at radius 1 is 1.41 bits per heavy atom. The highest BCUT2D eigenvalue weighted by molar-refractivity contribution is 5.59. The molecule has 3 N–H and O–H groups in total. The van der Waals surface area contributed by atoms with Crippen LogP contribution in [0.2, 0.25) is 0 Å². The molecule has 0 saturated heterocycles. The van der Waals surface area contributed by atoms with Crippen molar-refractivity contribution in [1.82, 2.24) is 0 Å². The summed E-state index contributed by atoms with van der Waals surface area (Å²) >= 11 is 0. The van der Waals surface area contributed by atoms with Crippen molar-refractivity contribution in [3.8, 4) is 0 Å². The lowest BCUT2D eigenvalue weighted by Crippen LogP contribution is -2.33. The molecular formula is C11H23NO5. The number of hydrogen-bond donors (Lipinski definition) is 2. The van der Waals surface area contributed by atoms with Gasteiger partial charge in [0.2, 0.25) is 0 Å². The summed E-state index contributed by atoms with van der Waals surface area (Å²) in [6.45, 7) is 7.15. The maximum absolute atomic E-state index is 10.9. The van der Waals surface area contributed by atoms with E-state index in [1.54, 1.807) is 13.8 Å². The molecule has 17 heavy (non-hydrogen) atoms. The Hall–Kier alpha value is -0.850. The maximum atomic E-state index is 10.9. The standard InChI is InChI=1S/C11H23NO5/c1-8(13)5-11(3,4)16-6-9(2)17-10(14)15-7-12/h8-9,13H,5-7,12H2,1-4H3. The van der Waals surface area contributed by atoms with Crippen molar-refractivity contribution in [2.75, 3.05) is 13.3 Å². The van der Waals surface area contributed by atoms with Crippen LogP contribution in [-0.2, 0) is 14.2 Å². The highest BCUT2D eigenvalue weighted by atomic mass is 16.7. The van der Waals surface area contributed by atoms with Crippen LogP contribution in [-0.4, -0.2) is 42.4 Å². The Morgan fingerprint density at radius 3 is 2.47 bits per heavy atom. The van der Waals surface area contributed by atoms with Crippen molar-refractivity contribution >= 4 is 6.16 Å². The van der Waals surface area contributed by atoms with E-state index in [4.69, 9.17) is 15.2 Å². The molecule has 0 heterocycles. The van der Waals surface area contributed by atoms with Gasteiger partial charge in [0.25, 0.3) is 0 Å². The Balaban J connectivity index is 3.89. The Labute approximate surface area is 102 Å². The topological polar surface area (TPSA) is 91.0 Å². The van der Waals surface area contributed by atoms with Gasteiger partial charge in [-0.25, -0.2) is 4.79 Å². The normalized spacial score (nSPS) is 15.2. The molecule has 0 aliphatic rings. The van der Waals surface area contributed by atoms with Gasteiger partial charge < -0.3 is 19.3 Å². The van der Waals surface area contributed by atoms with E-state index in [2.05, 4.69) is 4.74 Å². The van der Waals surface area contributed by atoms with Crippen molar-refractivity contribution < 1.29 is 24.1 Å². The van der Waals surface area contributed by atoms with Crippen LogP contribution >= 0.6 is 0 Å². The van der Waals surface area contributed by atoms with Crippen LogP contribution < -0.4 is 5.73 Å². The van der Waals surface area contributed by atoms with Crippen molar-refractivity contribution in [2.45, 2.75) is 51.9 Å². The first-order chi connectivity index (χ1) is 7.76. The third kappa shape index (κ3) is 8.91. The molecule has 6 heteroatoms. The summed E-state index contributed by atoms with van der Waals surface area (Å²) in [5, 5.41) is 9.27. The van der Waals surface area contributed by atoms with Crippen LogP contribution in [0.3, 0.4) is 0 Å². The van der Waals surface area contributed by atoms with Crippen LogP contribution in [0, 0.1) is 0 Å². The van der Waals surface area contributed by atoms with E-state index in [1.165, 1.54) is 0 Å². The fourth-order valence-corrected chi connectivity index (χ4v) is 1.41. The maximum Gasteiger partial charge on any atom is 0.509 e. The molecule has 0 rings (SSSR count). The number of carbonyl (C=O) groups is 1. The molecule has 0 fully saturated rings. The predicted octanol–water partition coefficient (Wildman–Crippen LogP) is 1.01. The van der Waals surface area contributed by atoms with E-state index in [0.717, 1.165) is 0 Å². The molecule has 0 bridgehead atoms. The first-order valence-corrected chi connectivity index (χ1v) is 5.62. The van der Waals surface area contributed by atoms with Gasteiger partial charge in [0.1, 0.15) is 12.8 Å². The second kappa shape index (κ2) is 7.47. The van der Waals surface area contributed by atoms with Gasteiger partial charge in [0.15, 0.2) is 0 Å². The van der Waals surface area contributed by atoms with E-state index in [-0.39, 0.29) is 13.3 Å². The second-order valence-corrected chi connectivity index (χ2v) is 4.61. The molecule has 0 saturated carbocycles. The predicted molar refractivity (Wildman–Crippen MR) is 62.4 cm³/mol. The van der Waals surface area contributed by atoms with Crippen LogP contribution in [0.4, 0.5) is 4.79 Å². The average Bonchev–Trinajstić information content (AvgIpc) is 2.13. The zero-order chi connectivity index (χ0) is 13.5. The summed E-state index contributed by atoms with van der Waals surface area (Å²) in [7, 11) is 0. The van der Waals surface area contributed by atoms with E-state index in [0.29, 0.717) is 6.42 Å². The number of nitrogens with two attached hydrogens (primary N) is 1. The molecule has 0 aromatic carbocycles. The molecule has 0 aliphatic heterocycles. The molecule has 0 radical (unpaired) electrons. The highest BCUT2D eigenvalue weighted by Gasteiger charge is 2.22. The summed E-state index contributed by atoms with van der Waals surface area (Å²) in [6, 6.07) is 0. The van der Waals surface area contributed by atoms with E-state index in [9.17, 15) is 9.90 Å². The molecule has 0 aromatic rings. The van der Waals surface area contributed by atoms with Gasteiger partial charge in [0, 0.05) is 6.42 Å². The van der Waals surface area contributed by atoms with E-state index in [1.807, 2.05) is 13.8 Å². The quantitative estimate of drug-likeness (QED) is 0.517. The van der Waals surface area contributed by atoms with Gasteiger partial charge in [-0.3, -0.25) is 5.73 Å². The Kier molecular flexibility index (Phi) is 7.10. The van der Waals surface area contributed by atoms with Gasteiger partial charge in [-0.1, -0.05) is 0 Å². The van der Waals surface area contributed by atoms with Crippen molar-refractivity contribution in [1.29, 1.82) is 0 Å². The summed E-state index contributed by atoms with van der Waals surface area (Å²) in [5.74, 6) is 0. The molecule has 2 unspecified atom stereocenters. The smallest absolute Gasteiger partial charge is 0.429 e. The van der Waals surface area contributed by atoms with E-state index >= 15 is 0 Å². The zero-order valence-electron chi connectivity index (χ0n) is 10.9. The lowest BCUT2D eigenvalue weighted by molar-refractivity contribution is -0.0838. The fourth-order valence-electron chi connectivity index (χ4n) is 1.41. The number of ether oxygens (including phenoxy) is 3. The number of rotatable bonds is 7. The number of carbonyl (C=O) groups excluding carboxylic acids is 1. The molecule has 0 spiro atoms. The third-order valence-corrected chi connectivity index (χ3v) is 1.99. The van der Waals surface area contributed by atoms with Crippen LogP contribution in [0.25, 0.3) is 0 Å². The molecule has 0 aromatic heterocycles. The van der Waals surface area contributed by atoms with Crippen molar-refractivity contribution in [3.63, 3.8) is 0 Å². The minimum Gasteiger partial charge on any atom is -0.429 e. The van der Waals surface area contributed by atoms with Crippen LogP contribution in [0.15, 0.2) is 0 Å². The molecule has 0 amide bonds. The second-order valence-electron chi connectivity index (χ2n) is 4.61. The van der Waals surface area contributed by atoms with Gasteiger partial charge in [-0.05, 0) is 27.7 Å². The Bertz CT molecular complexity index is 230. The molecule has 2 atom stereocenters. The third-order valence-electron chi connectivity index (χ3n) is 1.99. The number of hydrogen-bond acceptors (Lipinski definition) is 6. The number of aliphatic hydroxyl groups excluding tert-OH is 1. The highest BCUT2D eigenvalue weighted by Crippen LogP contribution is 2.17. The van der Waals surface area contributed by atoms with Gasteiger partial charge in [0.05, 0.1) is 18.3 Å². The molecule has 102 valence electrons. The fraction of sp³-hybridized carbons (Fsp3) is 0.909. The van der Waals surface area contributed by atoms with Gasteiger partial charge in [-0.15, -0.1) is 0 Å². The number of aliphatic hydroxyl groups is 1. The molecular weight excluding hydrogens is 226 g/mol. The van der Waals surface area contributed by atoms with Crippen LogP contribution in [0.1, 0.15) is 34.1 Å². The van der Waals surface area contributed by atoms with Crippen molar-refractivity contribution in [2.24, 2.45) is 5.73 Å². The lowest BCUT2D eigenvalue weighted by atomic mass is 10.0. The first-order valence-electron chi connectivity index (χ1n) is 5.62. The van der Waals surface area contributed by atoms with Gasteiger partial charge >= 0.3 is 6.16 Å². The lowest BCUT2D eigenvalue weighted by Gasteiger charge is -2.28.